The van der Waals surface area contributed by atoms with Crippen molar-refractivity contribution in [3.05, 3.63) is 30.2 Å². The van der Waals surface area contributed by atoms with Gasteiger partial charge in [-0.3, -0.25) is 4.79 Å². The average molecular weight is 302 g/mol. The second-order valence-electron chi connectivity index (χ2n) is 5.81. The standard InChI is InChI=1S/C16H18N2O4/c19-16(11-10-15(22-17-11)14-6-3-8-20-14)18-7-9-21-13-5-2-1-4-12(13)18/h3,6,8,10,12-13H,1-2,4-5,7,9H2/t12-,13-/m0/s1. The molecule has 0 spiro atoms. The quantitative estimate of drug-likeness (QED) is 0.853. The van der Waals surface area contributed by atoms with Crippen LogP contribution in [0.4, 0.5) is 0 Å². The first kappa shape index (κ1) is 13.6. The molecule has 0 bridgehead atoms. The van der Waals surface area contributed by atoms with Gasteiger partial charge in [-0.25, -0.2) is 0 Å². The van der Waals surface area contributed by atoms with Crippen molar-refractivity contribution in [1.29, 1.82) is 0 Å². The Morgan fingerprint density at radius 2 is 2.18 bits per heavy atom. The van der Waals surface area contributed by atoms with E-state index in [4.69, 9.17) is 13.7 Å². The molecular formula is C16H18N2O4. The molecular weight excluding hydrogens is 284 g/mol. The van der Waals surface area contributed by atoms with E-state index in [9.17, 15) is 4.79 Å². The summed E-state index contributed by atoms with van der Waals surface area (Å²) in [4.78, 5) is 14.7. The highest BCUT2D eigenvalue weighted by molar-refractivity contribution is 5.93. The Hall–Kier alpha value is -2.08. The third-order valence-corrected chi connectivity index (χ3v) is 4.49. The number of hydrogen-bond acceptors (Lipinski definition) is 5. The third-order valence-electron chi connectivity index (χ3n) is 4.49. The molecule has 1 aliphatic carbocycles. The van der Waals surface area contributed by atoms with Crippen LogP contribution in [0.1, 0.15) is 36.2 Å². The second kappa shape index (κ2) is 5.61. The van der Waals surface area contributed by atoms with Crippen molar-refractivity contribution in [2.45, 2.75) is 37.8 Å². The van der Waals surface area contributed by atoms with Crippen LogP contribution in [0.25, 0.3) is 11.5 Å². The van der Waals surface area contributed by atoms with Gasteiger partial charge in [-0.15, -0.1) is 0 Å². The van der Waals surface area contributed by atoms with Crippen molar-refractivity contribution in [3.63, 3.8) is 0 Å². The van der Waals surface area contributed by atoms with Crippen molar-refractivity contribution in [2.75, 3.05) is 13.2 Å². The van der Waals surface area contributed by atoms with Crippen LogP contribution in [0.15, 0.2) is 33.4 Å². The summed E-state index contributed by atoms with van der Waals surface area (Å²) in [7, 11) is 0. The molecule has 1 saturated carbocycles. The molecule has 2 aromatic rings. The fraction of sp³-hybridized carbons (Fsp3) is 0.500. The minimum absolute atomic E-state index is 0.0817. The van der Waals surface area contributed by atoms with Gasteiger partial charge in [-0.05, 0) is 25.0 Å². The van der Waals surface area contributed by atoms with Crippen molar-refractivity contribution < 1.29 is 18.5 Å². The molecule has 0 aromatic carbocycles. The Balaban J connectivity index is 1.56. The second-order valence-corrected chi connectivity index (χ2v) is 5.81. The SMILES string of the molecule is O=C(c1cc(-c2ccco2)on1)N1CCO[C@H]2CCCC[C@@H]21. The molecule has 0 N–H and O–H groups in total. The number of carbonyl (C=O) groups is 1. The fourth-order valence-corrected chi connectivity index (χ4v) is 3.41. The topological polar surface area (TPSA) is 68.7 Å². The molecule has 22 heavy (non-hydrogen) atoms. The summed E-state index contributed by atoms with van der Waals surface area (Å²) < 4.78 is 16.3. The van der Waals surface area contributed by atoms with Gasteiger partial charge in [0.15, 0.2) is 11.5 Å². The van der Waals surface area contributed by atoms with Crippen LogP contribution in [0, 0.1) is 0 Å². The van der Waals surface area contributed by atoms with E-state index < -0.39 is 0 Å². The lowest BCUT2D eigenvalue weighted by atomic mass is 9.90. The zero-order valence-electron chi connectivity index (χ0n) is 12.2. The van der Waals surface area contributed by atoms with Crippen LogP contribution in [0.5, 0.6) is 0 Å². The molecule has 0 radical (unpaired) electrons. The monoisotopic (exact) mass is 302 g/mol. The molecule has 3 heterocycles. The Morgan fingerprint density at radius 3 is 3.05 bits per heavy atom. The number of furan rings is 1. The molecule has 2 aromatic heterocycles. The Morgan fingerprint density at radius 1 is 1.27 bits per heavy atom. The maximum Gasteiger partial charge on any atom is 0.276 e. The zero-order chi connectivity index (χ0) is 14.9. The molecule has 2 fully saturated rings. The van der Waals surface area contributed by atoms with E-state index in [1.165, 1.54) is 6.42 Å². The number of amides is 1. The molecule has 2 aliphatic rings. The number of nitrogens with zero attached hydrogens (tertiary/aromatic N) is 2. The van der Waals surface area contributed by atoms with Gasteiger partial charge in [0.2, 0.25) is 5.76 Å². The first-order chi connectivity index (χ1) is 10.8. The molecule has 4 rings (SSSR count). The van der Waals surface area contributed by atoms with E-state index in [1.807, 2.05) is 4.90 Å². The van der Waals surface area contributed by atoms with Crippen LogP contribution in [-0.2, 0) is 4.74 Å². The lowest BCUT2D eigenvalue weighted by Gasteiger charge is -2.43. The van der Waals surface area contributed by atoms with Gasteiger partial charge < -0.3 is 18.6 Å². The van der Waals surface area contributed by atoms with Gasteiger partial charge >= 0.3 is 0 Å². The normalized spacial score (nSPS) is 25.0. The number of rotatable bonds is 2. The highest BCUT2D eigenvalue weighted by Gasteiger charge is 2.37. The number of aromatic nitrogens is 1. The summed E-state index contributed by atoms with van der Waals surface area (Å²) in [6, 6.07) is 5.36. The van der Waals surface area contributed by atoms with Crippen LogP contribution in [-0.4, -0.2) is 41.3 Å². The maximum absolute atomic E-state index is 12.8. The van der Waals surface area contributed by atoms with E-state index in [0.717, 1.165) is 19.3 Å². The zero-order valence-corrected chi connectivity index (χ0v) is 12.2. The number of hydrogen-bond donors (Lipinski definition) is 0. The molecule has 0 unspecified atom stereocenters. The maximum atomic E-state index is 12.8. The van der Waals surface area contributed by atoms with Gasteiger partial charge in [0, 0.05) is 12.6 Å². The molecule has 1 aliphatic heterocycles. The number of ether oxygens (including phenoxy) is 1. The minimum atomic E-state index is -0.0817. The Labute approximate surface area is 128 Å². The fourth-order valence-electron chi connectivity index (χ4n) is 3.41. The first-order valence-corrected chi connectivity index (χ1v) is 7.76. The van der Waals surface area contributed by atoms with Crippen LogP contribution >= 0.6 is 0 Å². The van der Waals surface area contributed by atoms with E-state index >= 15 is 0 Å². The van der Waals surface area contributed by atoms with Gasteiger partial charge in [-0.1, -0.05) is 18.0 Å². The molecule has 2 atom stereocenters. The summed E-state index contributed by atoms with van der Waals surface area (Å²) in [5.74, 6) is 0.965. The van der Waals surface area contributed by atoms with E-state index in [1.54, 1.807) is 24.5 Å². The number of carbonyl (C=O) groups excluding carboxylic acids is 1. The van der Waals surface area contributed by atoms with Crippen LogP contribution in [0.2, 0.25) is 0 Å². The van der Waals surface area contributed by atoms with E-state index in [2.05, 4.69) is 5.16 Å². The van der Waals surface area contributed by atoms with E-state index in [0.29, 0.717) is 30.4 Å². The molecule has 6 heteroatoms. The summed E-state index contributed by atoms with van der Waals surface area (Å²) in [6.07, 6.45) is 6.08. The molecule has 116 valence electrons. The van der Waals surface area contributed by atoms with Gasteiger partial charge in [0.1, 0.15) is 0 Å². The van der Waals surface area contributed by atoms with Gasteiger partial charge in [0.05, 0.1) is 25.0 Å². The minimum Gasteiger partial charge on any atom is -0.461 e. The highest BCUT2D eigenvalue weighted by Crippen LogP contribution is 2.30. The van der Waals surface area contributed by atoms with Gasteiger partial charge in [-0.2, -0.15) is 0 Å². The summed E-state index contributed by atoms with van der Waals surface area (Å²) in [5, 5.41) is 3.92. The lowest BCUT2D eigenvalue weighted by Crippen LogP contribution is -2.54. The largest absolute Gasteiger partial charge is 0.461 e. The molecule has 1 amide bonds. The van der Waals surface area contributed by atoms with E-state index in [-0.39, 0.29) is 18.1 Å². The molecule has 6 nitrogen and oxygen atoms in total. The number of fused-ring (bicyclic) bond motifs is 1. The average Bonchev–Trinajstić information content (AvgIpc) is 3.24. The number of morpholine rings is 1. The van der Waals surface area contributed by atoms with Crippen molar-refractivity contribution in [3.8, 4) is 11.5 Å². The smallest absolute Gasteiger partial charge is 0.276 e. The Bertz CT molecular complexity index is 647. The predicted octanol–water partition coefficient (Wildman–Crippen LogP) is 2.72. The predicted molar refractivity (Wildman–Crippen MR) is 77.2 cm³/mol. The third kappa shape index (κ3) is 2.33. The van der Waals surface area contributed by atoms with Crippen molar-refractivity contribution in [2.24, 2.45) is 0 Å². The molecule has 1 saturated heterocycles. The summed E-state index contributed by atoms with van der Waals surface area (Å²) in [5.41, 5.74) is 0.331. The van der Waals surface area contributed by atoms with Crippen LogP contribution < -0.4 is 0 Å². The summed E-state index contributed by atoms with van der Waals surface area (Å²) in [6.45, 7) is 1.21. The highest BCUT2D eigenvalue weighted by atomic mass is 16.5. The lowest BCUT2D eigenvalue weighted by molar-refractivity contribution is -0.0755. The first-order valence-electron chi connectivity index (χ1n) is 7.76. The Kier molecular flexibility index (Phi) is 3.46. The summed E-state index contributed by atoms with van der Waals surface area (Å²) >= 11 is 0. The van der Waals surface area contributed by atoms with Crippen molar-refractivity contribution >= 4 is 5.91 Å². The van der Waals surface area contributed by atoms with Gasteiger partial charge in [0.25, 0.3) is 5.91 Å². The van der Waals surface area contributed by atoms with Crippen LogP contribution in [0.3, 0.4) is 0 Å². The van der Waals surface area contributed by atoms with Crippen molar-refractivity contribution in [1.82, 2.24) is 10.1 Å².